The van der Waals surface area contributed by atoms with Crippen molar-refractivity contribution in [2.75, 3.05) is 13.7 Å². The Morgan fingerprint density at radius 3 is 2.53 bits per heavy atom. The van der Waals surface area contributed by atoms with E-state index in [0.29, 0.717) is 41.0 Å². The second kappa shape index (κ2) is 13.2. The van der Waals surface area contributed by atoms with Crippen LogP contribution in [0.15, 0.2) is 84.9 Å². The maximum absolute atomic E-state index is 15.6. The van der Waals surface area contributed by atoms with E-state index in [1.165, 1.54) is 13.2 Å². The number of para-hydroxylation sites is 2. The standard InChI is InChI=1S/C34H31FN2O6/c1-41-32(39)19-22-7-2-4-11-29(22)43-20-21-15-24(26-10-6-8-23(33(26)35)18-31(36)38)17-25(16-21)34(40)37-28-13-14-42-30-12-5-3-9-27(28)30/h2-12,15-17,28H,13-14,18-20H2,1H3,(H2,36,38)(H,37,40)/t28-/m0/s1. The zero-order valence-corrected chi connectivity index (χ0v) is 23.6. The molecule has 1 heterocycles. The number of esters is 1. The van der Waals surface area contributed by atoms with Gasteiger partial charge in [-0.15, -0.1) is 0 Å². The Labute approximate surface area is 248 Å². The molecule has 0 radical (unpaired) electrons. The van der Waals surface area contributed by atoms with Gasteiger partial charge in [-0.3, -0.25) is 14.4 Å². The fraction of sp³-hybridized carbons (Fsp3) is 0.206. The molecule has 0 spiro atoms. The minimum Gasteiger partial charge on any atom is -0.493 e. The van der Waals surface area contributed by atoms with Gasteiger partial charge in [0.25, 0.3) is 5.91 Å². The van der Waals surface area contributed by atoms with E-state index in [9.17, 15) is 14.4 Å². The second-order valence-electron chi connectivity index (χ2n) is 10.2. The average Bonchev–Trinajstić information content (AvgIpc) is 3.01. The quantitative estimate of drug-likeness (QED) is 0.252. The molecule has 0 fully saturated rings. The highest BCUT2D eigenvalue weighted by molar-refractivity contribution is 5.96. The SMILES string of the molecule is COC(=O)Cc1ccccc1OCc1cc(C(=O)N[C@H]2CCOc3ccccc32)cc(-c2cccc(CC(N)=O)c2F)c1. The van der Waals surface area contributed by atoms with Gasteiger partial charge in [0.2, 0.25) is 5.91 Å². The van der Waals surface area contributed by atoms with Gasteiger partial charge in [-0.2, -0.15) is 0 Å². The number of benzene rings is 4. The highest BCUT2D eigenvalue weighted by atomic mass is 19.1. The highest BCUT2D eigenvalue weighted by Gasteiger charge is 2.24. The predicted octanol–water partition coefficient (Wildman–Crippen LogP) is 5.07. The third-order valence-electron chi connectivity index (χ3n) is 7.20. The van der Waals surface area contributed by atoms with Crippen molar-refractivity contribution in [3.05, 3.63) is 119 Å². The van der Waals surface area contributed by atoms with Crippen molar-refractivity contribution < 1.29 is 33.0 Å². The first kappa shape index (κ1) is 29.3. The van der Waals surface area contributed by atoms with Crippen molar-refractivity contribution in [1.82, 2.24) is 5.32 Å². The molecule has 2 amide bonds. The van der Waals surface area contributed by atoms with Gasteiger partial charge in [-0.25, -0.2) is 4.39 Å². The summed E-state index contributed by atoms with van der Waals surface area (Å²) < 4.78 is 32.2. The molecule has 0 aromatic heterocycles. The number of carbonyl (C=O) groups is 3. The van der Waals surface area contributed by atoms with E-state index >= 15 is 4.39 Å². The molecule has 0 saturated carbocycles. The molecule has 0 unspecified atom stereocenters. The molecule has 1 aliphatic heterocycles. The van der Waals surface area contributed by atoms with Crippen LogP contribution in [0.4, 0.5) is 4.39 Å². The van der Waals surface area contributed by atoms with Crippen LogP contribution in [0.5, 0.6) is 11.5 Å². The number of ether oxygens (including phenoxy) is 3. The summed E-state index contributed by atoms with van der Waals surface area (Å²) in [4.78, 5) is 37.1. The molecule has 1 atom stereocenters. The normalized spacial score (nSPS) is 13.8. The highest BCUT2D eigenvalue weighted by Crippen LogP contribution is 2.33. The summed E-state index contributed by atoms with van der Waals surface area (Å²) in [5.74, 6) is -0.783. The fourth-order valence-corrected chi connectivity index (χ4v) is 5.10. The van der Waals surface area contributed by atoms with Crippen LogP contribution in [0, 0.1) is 5.82 Å². The Morgan fingerprint density at radius 1 is 0.953 bits per heavy atom. The Balaban J connectivity index is 1.48. The van der Waals surface area contributed by atoms with Crippen molar-refractivity contribution in [3.63, 3.8) is 0 Å². The number of halogens is 1. The lowest BCUT2D eigenvalue weighted by Crippen LogP contribution is -2.32. The second-order valence-corrected chi connectivity index (χ2v) is 10.2. The Bertz CT molecular complexity index is 1670. The molecule has 5 rings (SSSR count). The molecule has 220 valence electrons. The summed E-state index contributed by atoms with van der Waals surface area (Å²) in [5.41, 5.74) is 8.58. The molecule has 0 bridgehead atoms. The van der Waals surface area contributed by atoms with Gasteiger partial charge in [-0.1, -0.05) is 54.6 Å². The molecule has 43 heavy (non-hydrogen) atoms. The largest absolute Gasteiger partial charge is 0.493 e. The summed E-state index contributed by atoms with van der Waals surface area (Å²) in [6.45, 7) is 0.499. The Hall–Kier alpha value is -5.18. The van der Waals surface area contributed by atoms with Gasteiger partial charge in [0.15, 0.2) is 0 Å². The van der Waals surface area contributed by atoms with Crippen LogP contribution in [0.2, 0.25) is 0 Å². The van der Waals surface area contributed by atoms with Gasteiger partial charge in [-0.05, 0) is 47.0 Å². The van der Waals surface area contributed by atoms with Crippen LogP contribution in [-0.4, -0.2) is 31.5 Å². The third-order valence-corrected chi connectivity index (χ3v) is 7.20. The summed E-state index contributed by atoms with van der Waals surface area (Å²) >= 11 is 0. The summed E-state index contributed by atoms with van der Waals surface area (Å²) in [5, 5.41) is 3.09. The molecule has 0 aliphatic carbocycles. The van der Waals surface area contributed by atoms with Crippen LogP contribution in [-0.2, 0) is 33.8 Å². The van der Waals surface area contributed by atoms with Crippen molar-refractivity contribution in [3.8, 4) is 22.6 Å². The predicted molar refractivity (Wildman–Crippen MR) is 158 cm³/mol. The molecular weight excluding hydrogens is 551 g/mol. The summed E-state index contributed by atoms with van der Waals surface area (Å²) in [7, 11) is 1.32. The lowest BCUT2D eigenvalue weighted by atomic mass is 9.96. The van der Waals surface area contributed by atoms with Crippen LogP contribution >= 0.6 is 0 Å². The maximum atomic E-state index is 15.6. The minimum absolute atomic E-state index is 0.0326. The number of hydrogen-bond acceptors (Lipinski definition) is 6. The van der Waals surface area contributed by atoms with Gasteiger partial charge in [0.1, 0.15) is 23.9 Å². The van der Waals surface area contributed by atoms with Gasteiger partial charge in [0.05, 0.1) is 32.6 Å². The summed E-state index contributed by atoms with van der Waals surface area (Å²) in [6, 6.07) is 24.2. The zero-order chi connectivity index (χ0) is 30.3. The lowest BCUT2D eigenvalue weighted by Gasteiger charge is -2.26. The van der Waals surface area contributed by atoms with Crippen molar-refractivity contribution in [2.45, 2.75) is 31.9 Å². The molecule has 8 nitrogen and oxygen atoms in total. The monoisotopic (exact) mass is 582 g/mol. The number of primary amides is 1. The molecule has 4 aromatic rings. The fourth-order valence-electron chi connectivity index (χ4n) is 5.10. The van der Waals surface area contributed by atoms with Gasteiger partial charge < -0.3 is 25.3 Å². The maximum Gasteiger partial charge on any atom is 0.310 e. The number of methoxy groups -OCH3 is 1. The van der Waals surface area contributed by atoms with E-state index in [0.717, 1.165) is 11.3 Å². The average molecular weight is 583 g/mol. The lowest BCUT2D eigenvalue weighted by molar-refractivity contribution is -0.139. The molecular formula is C34H31FN2O6. The summed E-state index contributed by atoms with van der Waals surface area (Å²) in [6.07, 6.45) is 0.375. The third kappa shape index (κ3) is 7.01. The Morgan fingerprint density at radius 2 is 1.72 bits per heavy atom. The van der Waals surface area contributed by atoms with E-state index in [4.69, 9.17) is 19.9 Å². The first-order valence-electron chi connectivity index (χ1n) is 13.8. The zero-order valence-electron chi connectivity index (χ0n) is 23.6. The number of carbonyl (C=O) groups excluding carboxylic acids is 3. The Kier molecular flexibility index (Phi) is 9.00. The molecule has 9 heteroatoms. The van der Waals surface area contributed by atoms with Crippen LogP contribution in [0.25, 0.3) is 11.1 Å². The van der Waals surface area contributed by atoms with Crippen LogP contribution in [0.3, 0.4) is 0 Å². The van der Waals surface area contributed by atoms with E-state index in [1.807, 2.05) is 24.3 Å². The minimum atomic E-state index is -0.652. The van der Waals surface area contributed by atoms with Crippen molar-refractivity contribution in [2.24, 2.45) is 5.73 Å². The van der Waals surface area contributed by atoms with E-state index < -0.39 is 17.7 Å². The van der Waals surface area contributed by atoms with E-state index in [2.05, 4.69) is 5.32 Å². The number of nitrogens with two attached hydrogens (primary N) is 1. The number of rotatable bonds is 10. The molecule has 3 N–H and O–H groups in total. The van der Waals surface area contributed by atoms with Crippen molar-refractivity contribution in [1.29, 1.82) is 0 Å². The number of hydrogen-bond donors (Lipinski definition) is 2. The first-order valence-corrected chi connectivity index (χ1v) is 13.8. The number of nitrogens with one attached hydrogen (secondary N) is 1. The molecule has 4 aromatic carbocycles. The van der Waals surface area contributed by atoms with Gasteiger partial charge in [0, 0.05) is 28.7 Å². The molecule has 1 aliphatic rings. The number of fused-ring (bicyclic) bond motifs is 1. The van der Waals surface area contributed by atoms with E-state index in [-0.39, 0.29) is 42.5 Å². The van der Waals surface area contributed by atoms with E-state index in [1.54, 1.807) is 54.6 Å². The topological polar surface area (TPSA) is 117 Å². The van der Waals surface area contributed by atoms with Crippen LogP contribution < -0.4 is 20.5 Å². The van der Waals surface area contributed by atoms with Crippen LogP contribution in [0.1, 0.15) is 45.1 Å². The first-order chi connectivity index (χ1) is 20.8. The van der Waals surface area contributed by atoms with Gasteiger partial charge >= 0.3 is 5.97 Å². The smallest absolute Gasteiger partial charge is 0.310 e. The number of amides is 2. The van der Waals surface area contributed by atoms with Crippen molar-refractivity contribution >= 4 is 17.8 Å². The molecule has 0 saturated heterocycles.